The fourth-order valence-electron chi connectivity index (χ4n) is 3.45. The summed E-state index contributed by atoms with van der Waals surface area (Å²) in [6.07, 6.45) is 1.96. The Labute approximate surface area is 156 Å². The molecule has 0 spiro atoms. The van der Waals surface area contributed by atoms with Crippen LogP contribution in [0.3, 0.4) is 0 Å². The third-order valence-electron chi connectivity index (χ3n) is 4.83. The zero-order chi connectivity index (χ0) is 18.8. The van der Waals surface area contributed by atoms with Crippen molar-refractivity contribution in [1.29, 1.82) is 0 Å². The van der Waals surface area contributed by atoms with Crippen LogP contribution in [0, 0.1) is 0 Å². The Balaban J connectivity index is 1.47. The Kier molecular flexibility index (Phi) is 4.66. The highest BCUT2D eigenvalue weighted by atomic mass is 16.6. The molecule has 2 atom stereocenters. The molecule has 9 nitrogen and oxygen atoms in total. The molecule has 2 aromatic rings. The summed E-state index contributed by atoms with van der Waals surface area (Å²) < 4.78 is 16.0. The fourth-order valence-corrected chi connectivity index (χ4v) is 3.45. The zero-order valence-corrected chi connectivity index (χ0v) is 15.2. The number of hydrogen-bond acceptors (Lipinski definition) is 8. The van der Waals surface area contributed by atoms with Crippen LogP contribution in [0.2, 0.25) is 0 Å². The number of fused-ring (bicyclic) bond motifs is 1. The van der Waals surface area contributed by atoms with Gasteiger partial charge in [0.1, 0.15) is 6.10 Å². The molecule has 142 valence electrons. The van der Waals surface area contributed by atoms with E-state index in [-0.39, 0.29) is 18.2 Å². The van der Waals surface area contributed by atoms with E-state index in [1.807, 2.05) is 23.1 Å². The number of amides is 1. The number of anilines is 1. The van der Waals surface area contributed by atoms with E-state index >= 15 is 0 Å². The highest BCUT2D eigenvalue weighted by Gasteiger charge is 2.48. The van der Waals surface area contributed by atoms with Gasteiger partial charge in [-0.2, -0.15) is 9.97 Å². The maximum Gasteiger partial charge on any atom is 0.410 e. The molecule has 4 heterocycles. The van der Waals surface area contributed by atoms with E-state index in [4.69, 9.17) is 14.2 Å². The number of carbonyl (C=O) groups is 1. The molecule has 2 aliphatic heterocycles. The number of aromatic nitrogens is 3. The van der Waals surface area contributed by atoms with E-state index in [9.17, 15) is 4.79 Å². The molecule has 4 rings (SSSR count). The minimum Gasteiger partial charge on any atom is -0.481 e. The summed E-state index contributed by atoms with van der Waals surface area (Å²) in [5, 5.41) is 0. The molecule has 0 bridgehead atoms. The molecule has 9 heteroatoms. The number of ether oxygens (including phenoxy) is 3. The second-order valence-electron chi connectivity index (χ2n) is 6.41. The van der Waals surface area contributed by atoms with Crippen LogP contribution in [0.5, 0.6) is 11.8 Å². The van der Waals surface area contributed by atoms with E-state index < -0.39 is 0 Å². The fraction of sp³-hybridized carbons (Fsp3) is 0.444. The van der Waals surface area contributed by atoms with Crippen molar-refractivity contribution in [3.8, 4) is 11.8 Å². The molecular weight excluding hydrogens is 350 g/mol. The quantitative estimate of drug-likeness (QED) is 0.747. The van der Waals surface area contributed by atoms with Gasteiger partial charge in [0, 0.05) is 31.4 Å². The van der Waals surface area contributed by atoms with Crippen molar-refractivity contribution in [3.63, 3.8) is 0 Å². The Bertz CT molecular complexity index is 796. The van der Waals surface area contributed by atoms with Gasteiger partial charge in [0.2, 0.25) is 17.7 Å². The number of carbonyl (C=O) groups excluding carboxylic acids is 1. The van der Waals surface area contributed by atoms with Gasteiger partial charge in [0.25, 0.3) is 0 Å². The molecule has 0 radical (unpaired) electrons. The average Bonchev–Trinajstić information content (AvgIpc) is 3.24. The standard InChI is InChI=1S/C18H21N5O4/c1-25-15-9-16(26-2)21-17(20-15)22-10-13-14(11-22)27-18(24)23(13)8-6-12-5-3-4-7-19-12/h3-5,7,9,13-14H,6,8,10-11H2,1-2H3/t13-,14+/m0/s1. The van der Waals surface area contributed by atoms with Crippen LogP contribution in [0.1, 0.15) is 5.69 Å². The van der Waals surface area contributed by atoms with Gasteiger partial charge in [0.05, 0.1) is 32.9 Å². The lowest BCUT2D eigenvalue weighted by atomic mass is 10.2. The molecule has 27 heavy (non-hydrogen) atoms. The predicted molar refractivity (Wildman–Crippen MR) is 96.1 cm³/mol. The number of rotatable bonds is 6. The third kappa shape index (κ3) is 3.44. The summed E-state index contributed by atoms with van der Waals surface area (Å²) in [5.74, 6) is 1.36. The first-order chi connectivity index (χ1) is 13.2. The molecular formula is C18H21N5O4. The number of hydrogen-bond donors (Lipinski definition) is 0. The van der Waals surface area contributed by atoms with Crippen molar-refractivity contribution in [3.05, 3.63) is 36.2 Å². The molecule has 2 aliphatic rings. The minimum atomic E-state index is -0.273. The van der Waals surface area contributed by atoms with Crippen LogP contribution in [-0.2, 0) is 11.2 Å². The van der Waals surface area contributed by atoms with E-state index in [1.165, 1.54) is 0 Å². The molecule has 0 aromatic carbocycles. The largest absolute Gasteiger partial charge is 0.481 e. The van der Waals surface area contributed by atoms with E-state index in [2.05, 4.69) is 15.0 Å². The molecule has 0 saturated carbocycles. The van der Waals surface area contributed by atoms with Gasteiger partial charge < -0.3 is 19.1 Å². The van der Waals surface area contributed by atoms with Gasteiger partial charge in [-0.1, -0.05) is 6.07 Å². The SMILES string of the molecule is COc1cc(OC)nc(N2C[C@H]3OC(=O)N(CCc4ccccn4)[C@H]3C2)n1. The second-order valence-corrected chi connectivity index (χ2v) is 6.41. The summed E-state index contributed by atoms with van der Waals surface area (Å²) in [7, 11) is 3.09. The third-order valence-corrected chi connectivity index (χ3v) is 4.83. The first kappa shape index (κ1) is 17.3. The second kappa shape index (κ2) is 7.26. The van der Waals surface area contributed by atoms with Gasteiger partial charge >= 0.3 is 6.09 Å². The van der Waals surface area contributed by atoms with E-state index in [0.29, 0.717) is 43.8 Å². The van der Waals surface area contributed by atoms with Gasteiger partial charge in [-0.15, -0.1) is 0 Å². The first-order valence-electron chi connectivity index (χ1n) is 8.77. The van der Waals surface area contributed by atoms with E-state index in [0.717, 1.165) is 5.69 Å². The van der Waals surface area contributed by atoms with Crippen LogP contribution < -0.4 is 14.4 Å². The summed E-state index contributed by atoms with van der Waals surface area (Å²) in [6.45, 7) is 1.69. The Morgan fingerprint density at radius 1 is 1.19 bits per heavy atom. The van der Waals surface area contributed by atoms with E-state index in [1.54, 1.807) is 31.4 Å². The molecule has 2 saturated heterocycles. The molecule has 0 unspecified atom stereocenters. The number of nitrogens with zero attached hydrogens (tertiary/aromatic N) is 5. The number of methoxy groups -OCH3 is 2. The van der Waals surface area contributed by atoms with Crippen LogP contribution in [0.25, 0.3) is 0 Å². The van der Waals surface area contributed by atoms with Crippen LogP contribution >= 0.6 is 0 Å². The Morgan fingerprint density at radius 3 is 2.63 bits per heavy atom. The summed E-state index contributed by atoms with van der Waals surface area (Å²) in [5.41, 5.74) is 0.949. The van der Waals surface area contributed by atoms with Crippen molar-refractivity contribution in [2.24, 2.45) is 0 Å². The van der Waals surface area contributed by atoms with Crippen molar-refractivity contribution in [1.82, 2.24) is 19.9 Å². The summed E-state index contributed by atoms with van der Waals surface area (Å²) in [6, 6.07) is 7.36. The maximum absolute atomic E-state index is 12.2. The Hall–Kier alpha value is -3.10. The highest BCUT2D eigenvalue weighted by molar-refractivity contribution is 5.71. The molecule has 1 amide bonds. The average molecular weight is 371 g/mol. The van der Waals surface area contributed by atoms with Crippen LogP contribution in [-0.4, -0.2) is 71.9 Å². The van der Waals surface area contributed by atoms with Gasteiger partial charge in [-0.05, 0) is 12.1 Å². The van der Waals surface area contributed by atoms with Gasteiger partial charge in [-0.25, -0.2) is 4.79 Å². The van der Waals surface area contributed by atoms with Gasteiger partial charge in [0.15, 0.2) is 0 Å². The molecule has 2 aromatic heterocycles. The lowest BCUT2D eigenvalue weighted by molar-refractivity contribution is 0.136. The smallest absolute Gasteiger partial charge is 0.410 e. The van der Waals surface area contributed by atoms with Crippen LogP contribution in [0.4, 0.5) is 10.7 Å². The summed E-state index contributed by atoms with van der Waals surface area (Å²) >= 11 is 0. The first-order valence-corrected chi connectivity index (χ1v) is 8.77. The summed E-state index contributed by atoms with van der Waals surface area (Å²) in [4.78, 5) is 29.1. The normalized spacial score (nSPS) is 21.2. The molecule has 0 aliphatic carbocycles. The minimum absolute atomic E-state index is 0.0398. The maximum atomic E-state index is 12.2. The van der Waals surface area contributed by atoms with Crippen molar-refractivity contribution in [2.75, 3.05) is 38.8 Å². The monoisotopic (exact) mass is 371 g/mol. The highest BCUT2D eigenvalue weighted by Crippen LogP contribution is 2.30. The van der Waals surface area contributed by atoms with Gasteiger partial charge in [-0.3, -0.25) is 9.88 Å². The Morgan fingerprint density at radius 2 is 1.96 bits per heavy atom. The molecule has 0 N–H and O–H groups in total. The van der Waals surface area contributed by atoms with Crippen LogP contribution in [0.15, 0.2) is 30.5 Å². The lowest BCUT2D eigenvalue weighted by Crippen LogP contribution is -2.39. The predicted octanol–water partition coefficient (Wildman–Crippen LogP) is 1.14. The lowest BCUT2D eigenvalue weighted by Gasteiger charge is -2.22. The molecule has 2 fully saturated rings. The topological polar surface area (TPSA) is 89.9 Å². The van der Waals surface area contributed by atoms with Crippen molar-refractivity contribution in [2.45, 2.75) is 18.6 Å². The number of pyridine rings is 1. The van der Waals surface area contributed by atoms with Crippen molar-refractivity contribution >= 4 is 12.0 Å². The zero-order valence-electron chi connectivity index (χ0n) is 15.2. The van der Waals surface area contributed by atoms with Crippen molar-refractivity contribution < 1.29 is 19.0 Å².